The van der Waals surface area contributed by atoms with Crippen molar-refractivity contribution in [2.45, 2.75) is 51.6 Å². The molecular formula is C16H26N2O. The summed E-state index contributed by atoms with van der Waals surface area (Å²) in [6.45, 7) is 4.43. The molecule has 0 saturated carbocycles. The van der Waals surface area contributed by atoms with Crippen LogP contribution in [0, 0.1) is 0 Å². The Hall–Kier alpha value is -1.22. The van der Waals surface area contributed by atoms with E-state index in [-0.39, 0.29) is 0 Å². The Morgan fingerprint density at radius 2 is 2.16 bits per heavy atom. The number of nitrogen functional groups attached to an aromatic ring is 1. The van der Waals surface area contributed by atoms with Crippen LogP contribution in [0.2, 0.25) is 0 Å². The van der Waals surface area contributed by atoms with Gasteiger partial charge >= 0.3 is 0 Å². The first-order valence-electron chi connectivity index (χ1n) is 7.41. The van der Waals surface area contributed by atoms with Crippen LogP contribution < -0.4 is 10.5 Å². The second-order valence-corrected chi connectivity index (χ2v) is 5.45. The van der Waals surface area contributed by atoms with Crippen molar-refractivity contribution in [2.24, 2.45) is 0 Å². The first kappa shape index (κ1) is 14.2. The molecule has 0 aliphatic carbocycles. The third-order valence-electron chi connectivity index (χ3n) is 4.19. The molecule has 1 aromatic rings. The molecule has 3 heteroatoms. The largest absolute Gasteiger partial charge is 0.497 e. The summed E-state index contributed by atoms with van der Waals surface area (Å²) in [7, 11) is 1.70. The molecule has 19 heavy (non-hydrogen) atoms. The number of nitrogens with zero attached hydrogens (tertiary/aromatic N) is 1. The lowest BCUT2D eigenvalue weighted by atomic mass is 10.1. The predicted molar refractivity (Wildman–Crippen MR) is 80.4 cm³/mol. The van der Waals surface area contributed by atoms with Gasteiger partial charge in [0.25, 0.3) is 0 Å². The second kappa shape index (κ2) is 6.80. The second-order valence-electron chi connectivity index (χ2n) is 5.45. The third-order valence-corrected chi connectivity index (χ3v) is 4.19. The van der Waals surface area contributed by atoms with Gasteiger partial charge in [0.1, 0.15) is 5.75 Å². The molecular weight excluding hydrogens is 236 g/mol. The van der Waals surface area contributed by atoms with E-state index in [2.05, 4.69) is 17.9 Å². The molecule has 106 valence electrons. The van der Waals surface area contributed by atoms with Crippen LogP contribution in [0.1, 0.15) is 44.6 Å². The van der Waals surface area contributed by atoms with Gasteiger partial charge in [-0.25, -0.2) is 0 Å². The quantitative estimate of drug-likeness (QED) is 0.845. The van der Waals surface area contributed by atoms with E-state index in [9.17, 15) is 0 Å². The van der Waals surface area contributed by atoms with E-state index < -0.39 is 0 Å². The van der Waals surface area contributed by atoms with Crippen LogP contribution in [-0.4, -0.2) is 24.6 Å². The molecule has 2 rings (SSSR count). The maximum absolute atomic E-state index is 6.11. The molecule has 1 saturated heterocycles. The van der Waals surface area contributed by atoms with E-state index >= 15 is 0 Å². The summed E-state index contributed by atoms with van der Waals surface area (Å²) in [6, 6.07) is 6.66. The lowest BCUT2D eigenvalue weighted by molar-refractivity contribution is 0.186. The summed E-state index contributed by atoms with van der Waals surface area (Å²) in [4.78, 5) is 2.60. The average molecular weight is 262 g/mol. The molecule has 0 bridgehead atoms. The Balaban J connectivity index is 2.13. The van der Waals surface area contributed by atoms with Gasteiger partial charge in [0.05, 0.1) is 7.11 Å². The molecule has 0 spiro atoms. The van der Waals surface area contributed by atoms with Crippen molar-refractivity contribution < 1.29 is 4.74 Å². The highest BCUT2D eigenvalue weighted by atomic mass is 16.5. The minimum absolute atomic E-state index is 0.702. The highest BCUT2D eigenvalue weighted by Crippen LogP contribution is 2.25. The molecule has 0 amide bonds. The molecule has 1 unspecified atom stereocenters. The molecule has 3 nitrogen and oxygen atoms in total. The summed E-state index contributed by atoms with van der Waals surface area (Å²) >= 11 is 0. The van der Waals surface area contributed by atoms with Crippen LogP contribution in [0.4, 0.5) is 5.69 Å². The van der Waals surface area contributed by atoms with Crippen molar-refractivity contribution in [3.05, 3.63) is 23.8 Å². The standard InChI is InChI=1S/C16H26N2O/c1-3-14-7-5-4-6-10-18(14)12-13-11-15(19-2)8-9-16(13)17/h8-9,11,14H,3-7,10,12,17H2,1-2H3. The summed E-state index contributed by atoms with van der Waals surface area (Å²) in [6.07, 6.45) is 6.58. The Kier molecular flexibility index (Phi) is 5.08. The molecule has 1 heterocycles. The smallest absolute Gasteiger partial charge is 0.119 e. The van der Waals surface area contributed by atoms with Gasteiger partial charge < -0.3 is 10.5 Å². The molecule has 1 aliphatic rings. The number of nitrogens with two attached hydrogens (primary N) is 1. The number of benzene rings is 1. The lowest BCUT2D eigenvalue weighted by Gasteiger charge is -2.29. The van der Waals surface area contributed by atoms with E-state index in [4.69, 9.17) is 10.5 Å². The molecule has 1 aliphatic heterocycles. The van der Waals surface area contributed by atoms with Gasteiger partial charge in [-0.2, -0.15) is 0 Å². The van der Waals surface area contributed by atoms with Crippen LogP contribution in [0.3, 0.4) is 0 Å². The molecule has 0 radical (unpaired) electrons. The van der Waals surface area contributed by atoms with Crippen LogP contribution in [0.5, 0.6) is 5.75 Å². The van der Waals surface area contributed by atoms with Crippen LogP contribution in [-0.2, 0) is 6.54 Å². The summed E-state index contributed by atoms with van der Waals surface area (Å²) in [5, 5.41) is 0. The Morgan fingerprint density at radius 1 is 1.32 bits per heavy atom. The van der Waals surface area contributed by atoms with Crippen molar-refractivity contribution in [2.75, 3.05) is 19.4 Å². The van der Waals surface area contributed by atoms with Gasteiger partial charge in [-0.1, -0.05) is 19.8 Å². The fraction of sp³-hybridized carbons (Fsp3) is 0.625. The minimum Gasteiger partial charge on any atom is -0.497 e. The number of methoxy groups -OCH3 is 1. The fourth-order valence-electron chi connectivity index (χ4n) is 2.97. The molecule has 1 fully saturated rings. The number of hydrogen-bond donors (Lipinski definition) is 1. The number of rotatable bonds is 4. The van der Waals surface area contributed by atoms with Gasteiger partial charge in [0, 0.05) is 18.3 Å². The minimum atomic E-state index is 0.702. The van der Waals surface area contributed by atoms with E-state index in [0.29, 0.717) is 6.04 Å². The van der Waals surface area contributed by atoms with Gasteiger partial charge in [-0.05, 0) is 49.6 Å². The average Bonchev–Trinajstić information content (AvgIpc) is 2.66. The number of hydrogen-bond acceptors (Lipinski definition) is 3. The van der Waals surface area contributed by atoms with Crippen LogP contribution in [0.25, 0.3) is 0 Å². The summed E-state index contributed by atoms with van der Waals surface area (Å²) < 4.78 is 5.30. The Labute approximate surface area is 116 Å². The maximum atomic E-state index is 6.11. The van der Waals surface area contributed by atoms with Gasteiger partial charge in [0.15, 0.2) is 0 Å². The summed E-state index contributed by atoms with van der Waals surface area (Å²) in [5.41, 5.74) is 8.17. The molecule has 1 atom stereocenters. The van der Waals surface area contributed by atoms with Crippen molar-refractivity contribution in [3.8, 4) is 5.75 Å². The topological polar surface area (TPSA) is 38.5 Å². The Bertz CT molecular complexity index is 406. The molecule has 1 aromatic carbocycles. The first-order chi connectivity index (χ1) is 9.24. The van der Waals surface area contributed by atoms with Crippen LogP contribution in [0.15, 0.2) is 18.2 Å². The maximum Gasteiger partial charge on any atom is 0.119 e. The predicted octanol–water partition coefficient (Wildman–Crippen LogP) is 3.43. The zero-order valence-electron chi connectivity index (χ0n) is 12.2. The van der Waals surface area contributed by atoms with E-state index in [1.165, 1.54) is 44.2 Å². The van der Waals surface area contributed by atoms with Crippen LogP contribution >= 0.6 is 0 Å². The fourth-order valence-corrected chi connectivity index (χ4v) is 2.97. The monoisotopic (exact) mass is 262 g/mol. The highest BCUT2D eigenvalue weighted by Gasteiger charge is 2.20. The lowest BCUT2D eigenvalue weighted by Crippen LogP contribution is -2.34. The van der Waals surface area contributed by atoms with Crippen molar-refractivity contribution >= 4 is 5.69 Å². The van der Waals surface area contributed by atoms with Crippen molar-refractivity contribution in [1.82, 2.24) is 4.90 Å². The van der Waals surface area contributed by atoms with E-state index in [1.807, 2.05) is 12.1 Å². The van der Waals surface area contributed by atoms with Gasteiger partial charge in [0.2, 0.25) is 0 Å². The first-order valence-corrected chi connectivity index (χ1v) is 7.41. The van der Waals surface area contributed by atoms with Crippen molar-refractivity contribution in [1.29, 1.82) is 0 Å². The highest BCUT2D eigenvalue weighted by molar-refractivity contribution is 5.50. The molecule has 0 aromatic heterocycles. The Morgan fingerprint density at radius 3 is 2.89 bits per heavy atom. The van der Waals surface area contributed by atoms with Gasteiger partial charge in [-0.15, -0.1) is 0 Å². The zero-order chi connectivity index (χ0) is 13.7. The SMILES string of the molecule is CCC1CCCCCN1Cc1cc(OC)ccc1N. The zero-order valence-corrected chi connectivity index (χ0v) is 12.2. The van der Waals surface area contributed by atoms with Crippen molar-refractivity contribution in [3.63, 3.8) is 0 Å². The van der Waals surface area contributed by atoms with Gasteiger partial charge in [-0.3, -0.25) is 4.90 Å². The summed E-state index contributed by atoms with van der Waals surface area (Å²) in [5.74, 6) is 0.895. The number of anilines is 1. The number of likely N-dealkylation sites (tertiary alicyclic amines) is 1. The normalized spacial score (nSPS) is 21.1. The number of ether oxygens (including phenoxy) is 1. The van der Waals surface area contributed by atoms with E-state index in [1.54, 1.807) is 7.11 Å². The third kappa shape index (κ3) is 3.63. The van der Waals surface area contributed by atoms with E-state index in [0.717, 1.165) is 18.0 Å². The molecule has 2 N–H and O–H groups in total.